The molecule has 0 bridgehead atoms. The summed E-state index contributed by atoms with van der Waals surface area (Å²) in [6.07, 6.45) is 2.94. The van der Waals surface area contributed by atoms with Crippen molar-refractivity contribution in [2.75, 3.05) is 13.7 Å². The number of halogens is 2. The molecule has 7 heteroatoms. The van der Waals surface area contributed by atoms with E-state index in [-0.39, 0.29) is 17.3 Å². The Morgan fingerprint density at radius 3 is 2.52 bits per heavy atom. The van der Waals surface area contributed by atoms with Gasteiger partial charge in [0, 0.05) is 15.6 Å². The molecular formula is C18H13Cl2O5-. The summed E-state index contributed by atoms with van der Waals surface area (Å²) in [7, 11) is 1.39. The van der Waals surface area contributed by atoms with Crippen LogP contribution in [0.25, 0.3) is 6.08 Å². The Morgan fingerprint density at radius 1 is 1.12 bits per heavy atom. The third kappa shape index (κ3) is 5.24. The molecule has 0 N–H and O–H groups in total. The molecule has 5 nitrogen and oxygen atoms in total. The first-order chi connectivity index (χ1) is 11.9. The number of aliphatic carboxylic acids is 1. The normalized spacial score (nSPS) is 10.7. The molecule has 0 aliphatic rings. The van der Waals surface area contributed by atoms with Crippen LogP contribution in [0.4, 0.5) is 0 Å². The van der Waals surface area contributed by atoms with Gasteiger partial charge in [0.1, 0.15) is 6.61 Å². The van der Waals surface area contributed by atoms with Gasteiger partial charge >= 0.3 is 0 Å². The van der Waals surface area contributed by atoms with Gasteiger partial charge in [0.25, 0.3) is 0 Å². The van der Waals surface area contributed by atoms with Crippen molar-refractivity contribution in [3.63, 3.8) is 0 Å². The zero-order valence-corrected chi connectivity index (χ0v) is 14.6. The highest BCUT2D eigenvalue weighted by molar-refractivity contribution is 6.35. The number of carboxylic acids is 1. The van der Waals surface area contributed by atoms with Crippen LogP contribution in [0, 0.1) is 0 Å². The van der Waals surface area contributed by atoms with E-state index in [1.54, 1.807) is 24.3 Å². The minimum Gasteiger partial charge on any atom is -0.546 e. The number of allylic oxidation sites excluding steroid dienone is 1. The Balaban J connectivity index is 2.18. The van der Waals surface area contributed by atoms with Crippen LogP contribution in [-0.4, -0.2) is 25.5 Å². The van der Waals surface area contributed by atoms with Crippen LogP contribution in [0.2, 0.25) is 10.0 Å². The Kier molecular flexibility index (Phi) is 6.44. The van der Waals surface area contributed by atoms with E-state index in [9.17, 15) is 14.7 Å². The molecule has 2 aromatic rings. The van der Waals surface area contributed by atoms with Gasteiger partial charge in [-0.2, -0.15) is 0 Å². The first-order valence-corrected chi connectivity index (χ1v) is 7.84. The second kappa shape index (κ2) is 8.55. The molecule has 130 valence electrons. The molecule has 25 heavy (non-hydrogen) atoms. The average molecular weight is 380 g/mol. The van der Waals surface area contributed by atoms with Crippen LogP contribution in [0.1, 0.15) is 15.9 Å². The van der Waals surface area contributed by atoms with Gasteiger partial charge < -0.3 is 19.4 Å². The summed E-state index contributed by atoms with van der Waals surface area (Å²) < 4.78 is 10.1. The Morgan fingerprint density at radius 2 is 1.88 bits per heavy atom. The predicted octanol–water partition coefficient (Wildman–Crippen LogP) is 3.03. The van der Waals surface area contributed by atoms with E-state index in [0.717, 1.165) is 0 Å². The molecule has 0 heterocycles. The summed E-state index contributed by atoms with van der Waals surface area (Å²) in [4.78, 5) is 22.7. The minimum atomic E-state index is -1.36. The smallest absolute Gasteiger partial charge is 0.185 e. The Bertz CT molecular complexity index is 830. The molecule has 0 atom stereocenters. The first kappa shape index (κ1) is 18.8. The lowest BCUT2D eigenvalue weighted by molar-refractivity contribution is -0.307. The third-order valence-corrected chi connectivity index (χ3v) is 3.73. The van der Waals surface area contributed by atoms with Gasteiger partial charge in [-0.3, -0.25) is 4.79 Å². The fraction of sp³-hybridized carbons (Fsp3) is 0.111. The van der Waals surface area contributed by atoms with Crippen molar-refractivity contribution in [1.29, 1.82) is 0 Å². The summed E-state index contributed by atoms with van der Waals surface area (Å²) in [5.74, 6) is -1.20. The van der Waals surface area contributed by atoms with E-state index in [1.165, 1.54) is 31.4 Å². The average Bonchev–Trinajstić information content (AvgIpc) is 2.58. The number of carbonyl (C=O) groups is 2. The lowest BCUT2D eigenvalue weighted by Crippen LogP contribution is -2.29. The van der Waals surface area contributed by atoms with E-state index >= 15 is 0 Å². The molecular weight excluding hydrogens is 367 g/mol. The van der Waals surface area contributed by atoms with Crippen molar-refractivity contribution >= 4 is 41.0 Å². The van der Waals surface area contributed by atoms with Crippen LogP contribution in [0.5, 0.6) is 11.5 Å². The van der Waals surface area contributed by atoms with Gasteiger partial charge in [-0.15, -0.1) is 0 Å². The molecule has 2 aromatic carbocycles. The number of ketones is 1. The van der Waals surface area contributed by atoms with Crippen molar-refractivity contribution < 1.29 is 24.2 Å². The number of ether oxygens (including phenoxy) is 2. The van der Waals surface area contributed by atoms with Gasteiger partial charge in [0.2, 0.25) is 0 Å². The molecule has 2 rings (SSSR count). The molecule has 0 fully saturated rings. The number of carboxylic acid groups (broad SMARTS) is 1. The van der Waals surface area contributed by atoms with Crippen molar-refractivity contribution in [3.8, 4) is 11.5 Å². The molecule has 0 aromatic heterocycles. The third-order valence-electron chi connectivity index (χ3n) is 3.17. The number of rotatable bonds is 7. The van der Waals surface area contributed by atoms with Crippen molar-refractivity contribution in [2.24, 2.45) is 0 Å². The summed E-state index contributed by atoms with van der Waals surface area (Å²) in [6.45, 7) is -0.612. The maximum atomic E-state index is 12.3. The van der Waals surface area contributed by atoms with Crippen molar-refractivity contribution in [2.45, 2.75) is 0 Å². The minimum absolute atomic E-state index is 0.202. The number of benzene rings is 2. The highest BCUT2D eigenvalue weighted by atomic mass is 35.5. The van der Waals surface area contributed by atoms with E-state index < -0.39 is 12.6 Å². The van der Waals surface area contributed by atoms with E-state index in [0.29, 0.717) is 21.2 Å². The van der Waals surface area contributed by atoms with E-state index in [2.05, 4.69) is 0 Å². The summed E-state index contributed by atoms with van der Waals surface area (Å²) >= 11 is 11.9. The van der Waals surface area contributed by atoms with Crippen LogP contribution in [-0.2, 0) is 4.79 Å². The Labute approximate surface area is 154 Å². The molecule has 0 radical (unpaired) electrons. The zero-order chi connectivity index (χ0) is 18.4. The second-order valence-corrected chi connectivity index (χ2v) is 5.73. The molecule has 0 unspecified atom stereocenters. The molecule has 0 saturated carbocycles. The lowest BCUT2D eigenvalue weighted by atomic mass is 10.1. The predicted molar refractivity (Wildman–Crippen MR) is 93.3 cm³/mol. The molecule has 0 spiro atoms. The van der Waals surface area contributed by atoms with Gasteiger partial charge in [0.15, 0.2) is 17.3 Å². The number of carbonyl (C=O) groups excluding carboxylic acids is 2. The monoisotopic (exact) mass is 379 g/mol. The molecule has 0 amide bonds. The van der Waals surface area contributed by atoms with Crippen molar-refractivity contribution in [3.05, 3.63) is 63.6 Å². The van der Waals surface area contributed by atoms with E-state index in [4.69, 9.17) is 32.7 Å². The maximum absolute atomic E-state index is 12.3. The molecule has 0 saturated heterocycles. The SMILES string of the molecule is COc1cc(C(=O)/C=C/c2ccc(Cl)cc2Cl)ccc1OCC(=O)[O-]. The number of hydrogen-bond donors (Lipinski definition) is 0. The highest BCUT2D eigenvalue weighted by Crippen LogP contribution is 2.28. The van der Waals surface area contributed by atoms with Gasteiger partial charge in [-0.05, 0) is 48.0 Å². The second-order valence-electron chi connectivity index (χ2n) is 4.89. The van der Waals surface area contributed by atoms with Gasteiger partial charge in [0.05, 0.1) is 13.1 Å². The van der Waals surface area contributed by atoms with Gasteiger partial charge in [-0.1, -0.05) is 29.3 Å². The van der Waals surface area contributed by atoms with Crippen LogP contribution < -0.4 is 14.6 Å². The largest absolute Gasteiger partial charge is 0.546 e. The highest BCUT2D eigenvalue weighted by Gasteiger charge is 2.10. The van der Waals surface area contributed by atoms with Gasteiger partial charge in [-0.25, -0.2) is 0 Å². The quantitative estimate of drug-likeness (QED) is 0.545. The Hall–Kier alpha value is -2.50. The summed E-state index contributed by atoms with van der Waals surface area (Å²) in [5, 5.41) is 11.4. The summed E-state index contributed by atoms with van der Waals surface area (Å²) in [5.41, 5.74) is 0.999. The van der Waals surface area contributed by atoms with Crippen LogP contribution >= 0.6 is 23.2 Å². The zero-order valence-electron chi connectivity index (χ0n) is 13.1. The number of hydrogen-bond acceptors (Lipinski definition) is 5. The van der Waals surface area contributed by atoms with Crippen molar-refractivity contribution in [1.82, 2.24) is 0 Å². The topological polar surface area (TPSA) is 75.7 Å². The van der Waals surface area contributed by atoms with Crippen LogP contribution in [0.3, 0.4) is 0 Å². The molecule has 0 aliphatic heterocycles. The van der Waals surface area contributed by atoms with Crippen LogP contribution in [0.15, 0.2) is 42.5 Å². The fourth-order valence-corrected chi connectivity index (χ4v) is 2.45. The fourth-order valence-electron chi connectivity index (χ4n) is 1.98. The first-order valence-electron chi connectivity index (χ1n) is 7.09. The van der Waals surface area contributed by atoms with E-state index in [1.807, 2.05) is 0 Å². The lowest BCUT2D eigenvalue weighted by Gasteiger charge is -2.11. The summed E-state index contributed by atoms with van der Waals surface area (Å²) in [6, 6.07) is 9.37. The maximum Gasteiger partial charge on any atom is 0.185 e. The number of methoxy groups -OCH3 is 1. The molecule has 0 aliphatic carbocycles. The standard InChI is InChI=1S/C18H14Cl2O5/c1-24-17-8-12(4-7-16(17)25-10-18(22)23)15(21)6-3-11-2-5-13(19)9-14(11)20/h2-9H,10H2,1H3,(H,22,23)/p-1/b6-3+.